The van der Waals surface area contributed by atoms with Gasteiger partial charge in [-0.2, -0.15) is 0 Å². The second-order valence-corrected chi connectivity index (χ2v) is 6.01. The molecule has 0 fully saturated rings. The van der Waals surface area contributed by atoms with E-state index in [9.17, 15) is 0 Å². The molecule has 2 nitrogen and oxygen atoms in total. The monoisotopic (exact) mass is 253 g/mol. The molecular weight excluding hydrogens is 230 g/mol. The largest absolute Gasteiger partial charge is 0.377 e. The summed E-state index contributed by atoms with van der Waals surface area (Å²) in [5, 5.41) is 3.39. The molecule has 17 heavy (non-hydrogen) atoms. The number of ether oxygens (including phenoxy) is 1. The molecular formula is C14H23NOS. The quantitative estimate of drug-likeness (QED) is 0.811. The highest BCUT2D eigenvalue weighted by Gasteiger charge is 2.27. The smallest absolute Gasteiger partial charge is 0.0832 e. The third-order valence-electron chi connectivity index (χ3n) is 3.58. The molecule has 0 amide bonds. The Balaban J connectivity index is 2.11. The SMILES string of the molecule is CCNCCc1cc2c(s1)C(C)CCC2OC. The van der Waals surface area contributed by atoms with Crippen molar-refractivity contribution >= 4 is 11.3 Å². The number of methoxy groups -OCH3 is 1. The average molecular weight is 253 g/mol. The van der Waals surface area contributed by atoms with E-state index in [1.165, 1.54) is 23.3 Å². The van der Waals surface area contributed by atoms with Crippen LogP contribution in [0.25, 0.3) is 0 Å². The molecule has 1 heterocycles. The minimum absolute atomic E-state index is 0.338. The Morgan fingerprint density at radius 3 is 3.00 bits per heavy atom. The molecule has 1 N–H and O–H groups in total. The van der Waals surface area contributed by atoms with E-state index in [1.54, 1.807) is 4.88 Å². The fourth-order valence-corrected chi connectivity index (χ4v) is 3.86. The lowest BCUT2D eigenvalue weighted by atomic mass is 9.88. The fourth-order valence-electron chi connectivity index (χ4n) is 2.56. The Kier molecular flexibility index (Phi) is 4.60. The highest BCUT2D eigenvalue weighted by atomic mass is 32.1. The zero-order valence-corrected chi connectivity index (χ0v) is 11.9. The third-order valence-corrected chi connectivity index (χ3v) is 5.02. The van der Waals surface area contributed by atoms with E-state index in [1.807, 2.05) is 18.4 Å². The van der Waals surface area contributed by atoms with E-state index < -0.39 is 0 Å². The van der Waals surface area contributed by atoms with E-state index in [0.717, 1.165) is 19.5 Å². The molecule has 0 saturated heterocycles. The summed E-state index contributed by atoms with van der Waals surface area (Å²) >= 11 is 1.99. The first-order chi connectivity index (χ1) is 8.26. The third kappa shape index (κ3) is 2.90. The standard InChI is InChI=1S/C14H23NOS/c1-4-15-8-7-11-9-12-13(16-3)6-5-10(2)14(12)17-11/h9-10,13,15H,4-8H2,1-3H3. The molecule has 0 bridgehead atoms. The number of nitrogens with one attached hydrogen (secondary N) is 1. The van der Waals surface area contributed by atoms with Gasteiger partial charge < -0.3 is 10.1 Å². The Bertz CT molecular complexity index is 361. The van der Waals surface area contributed by atoms with Crippen molar-refractivity contribution < 1.29 is 4.74 Å². The van der Waals surface area contributed by atoms with Crippen LogP contribution in [0, 0.1) is 0 Å². The molecule has 2 unspecified atom stereocenters. The van der Waals surface area contributed by atoms with Crippen molar-refractivity contribution in [3.63, 3.8) is 0 Å². The van der Waals surface area contributed by atoms with Crippen molar-refractivity contribution in [1.29, 1.82) is 0 Å². The van der Waals surface area contributed by atoms with Gasteiger partial charge in [0.25, 0.3) is 0 Å². The van der Waals surface area contributed by atoms with E-state index in [4.69, 9.17) is 4.74 Å². The highest BCUT2D eigenvalue weighted by molar-refractivity contribution is 7.12. The van der Waals surface area contributed by atoms with Crippen LogP contribution in [0.15, 0.2) is 6.07 Å². The van der Waals surface area contributed by atoms with Gasteiger partial charge in [-0.1, -0.05) is 13.8 Å². The maximum atomic E-state index is 5.60. The number of likely N-dealkylation sites (N-methyl/N-ethyl adjacent to an activating group) is 1. The Morgan fingerprint density at radius 1 is 1.47 bits per heavy atom. The second-order valence-electron chi connectivity index (χ2n) is 4.84. The van der Waals surface area contributed by atoms with Gasteiger partial charge >= 0.3 is 0 Å². The van der Waals surface area contributed by atoms with Gasteiger partial charge in [-0.3, -0.25) is 0 Å². The molecule has 0 aromatic carbocycles. The van der Waals surface area contributed by atoms with Gasteiger partial charge in [0.15, 0.2) is 0 Å². The van der Waals surface area contributed by atoms with E-state index in [-0.39, 0.29) is 0 Å². The van der Waals surface area contributed by atoms with Crippen molar-refractivity contribution in [2.24, 2.45) is 0 Å². The molecule has 2 atom stereocenters. The van der Waals surface area contributed by atoms with Crippen molar-refractivity contribution in [3.05, 3.63) is 21.4 Å². The summed E-state index contributed by atoms with van der Waals surface area (Å²) in [7, 11) is 1.83. The van der Waals surface area contributed by atoms with E-state index in [0.29, 0.717) is 12.0 Å². The van der Waals surface area contributed by atoms with Crippen LogP contribution in [0.5, 0.6) is 0 Å². The van der Waals surface area contributed by atoms with Gasteiger partial charge in [0, 0.05) is 16.9 Å². The molecule has 1 aromatic heterocycles. The second kappa shape index (κ2) is 5.98. The summed E-state index contributed by atoms with van der Waals surface area (Å²) in [6, 6.07) is 2.38. The summed E-state index contributed by atoms with van der Waals surface area (Å²) in [5.41, 5.74) is 1.46. The van der Waals surface area contributed by atoms with Gasteiger partial charge in [-0.05, 0) is 49.9 Å². The van der Waals surface area contributed by atoms with Gasteiger partial charge in [0.2, 0.25) is 0 Å². The molecule has 1 aliphatic carbocycles. The molecule has 0 aliphatic heterocycles. The summed E-state index contributed by atoms with van der Waals surface area (Å²) in [5.74, 6) is 0.717. The maximum Gasteiger partial charge on any atom is 0.0832 e. The summed E-state index contributed by atoms with van der Waals surface area (Å²) < 4.78 is 5.60. The van der Waals surface area contributed by atoms with Gasteiger partial charge in [0.05, 0.1) is 6.10 Å². The predicted molar refractivity (Wildman–Crippen MR) is 74.0 cm³/mol. The van der Waals surface area contributed by atoms with Crippen LogP contribution in [-0.4, -0.2) is 20.2 Å². The first-order valence-corrected chi connectivity index (χ1v) is 7.44. The predicted octanol–water partition coefficient (Wildman–Crippen LogP) is 3.48. The van der Waals surface area contributed by atoms with Gasteiger partial charge in [0.1, 0.15) is 0 Å². The summed E-state index contributed by atoms with van der Waals surface area (Å²) in [6.45, 7) is 6.64. The van der Waals surface area contributed by atoms with Crippen LogP contribution in [0.1, 0.15) is 54.0 Å². The summed E-state index contributed by atoms with van der Waals surface area (Å²) in [4.78, 5) is 3.07. The van der Waals surface area contributed by atoms with Gasteiger partial charge in [-0.25, -0.2) is 0 Å². The first kappa shape index (κ1) is 13.1. The molecule has 0 saturated carbocycles. The zero-order valence-electron chi connectivity index (χ0n) is 11.1. The normalized spacial score (nSPS) is 23.7. The Hall–Kier alpha value is -0.380. The number of hydrogen-bond donors (Lipinski definition) is 1. The first-order valence-electron chi connectivity index (χ1n) is 6.62. The minimum atomic E-state index is 0.338. The zero-order chi connectivity index (χ0) is 12.3. The van der Waals surface area contributed by atoms with Gasteiger partial charge in [-0.15, -0.1) is 11.3 Å². The lowest BCUT2D eigenvalue weighted by Crippen LogP contribution is -2.15. The maximum absolute atomic E-state index is 5.60. The highest BCUT2D eigenvalue weighted by Crippen LogP contribution is 2.43. The summed E-state index contributed by atoms with van der Waals surface area (Å²) in [6.07, 6.45) is 3.92. The van der Waals surface area contributed by atoms with Crippen LogP contribution in [-0.2, 0) is 11.2 Å². The lowest BCUT2D eigenvalue weighted by molar-refractivity contribution is 0.0859. The molecule has 2 rings (SSSR count). The molecule has 3 heteroatoms. The molecule has 1 aromatic rings. The molecule has 0 spiro atoms. The molecule has 96 valence electrons. The van der Waals surface area contributed by atoms with Crippen molar-refractivity contribution in [2.75, 3.05) is 20.2 Å². The molecule has 0 radical (unpaired) electrons. The number of hydrogen-bond acceptors (Lipinski definition) is 3. The van der Waals surface area contributed by atoms with Crippen LogP contribution in [0.4, 0.5) is 0 Å². The molecule has 1 aliphatic rings. The van der Waals surface area contributed by atoms with E-state index in [2.05, 4.69) is 25.2 Å². The number of thiophene rings is 1. The minimum Gasteiger partial charge on any atom is -0.377 e. The Morgan fingerprint density at radius 2 is 2.29 bits per heavy atom. The topological polar surface area (TPSA) is 21.3 Å². The van der Waals surface area contributed by atoms with Crippen molar-refractivity contribution in [3.8, 4) is 0 Å². The van der Waals surface area contributed by atoms with Crippen LogP contribution in [0.2, 0.25) is 0 Å². The van der Waals surface area contributed by atoms with Crippen molar-refractivity contribution in [1.82, 2.24) is 5.32 Å². The fraction of sp³-hybridized carbons (Fsp3) is 0.714. The van der Waals surface area contributed by atoms with Crippen LogP contribution < -0.4 is 5.32 Å². The van der Waals surface area contributed by atoms with Crippen molar-refractivity contribution in [2.45, 2.75) is 45.1 Å². The average Bonchev–Trinajstić information content (AvgIpc) is 2.75. The van der Waals surface area contributed by atoms with Crippen LogP contribution >= 0.6 is 11.3 Å². The lowest BCUT2D eigenvalue weighted by Gasteiger charge is -2.25. The Labute approximate surface area is 108 Å². The van der Waals surface area contributed by atoms with E-state index >= 15 is 0 Å². The van der Waals surface area contributed by atoms with Crippen LogP contribution in [0.3, 0.4) is 0 Å². The number of fused-ring (bicyclic) bond motifs is 1. The number of rotatable bonds is 5.